The highest BCUT2D eigenvalue weighted by atomic mass is 16.2. The minimum absolute atomic E-state index is 0.123. The monoisotopic (exact) mass is 356 g/mol. The van der Waals surface area contributed by atoms with Crippen molar-refractivity contribution in [3.8, 4) is 0 Å². The van der Waals surface area contributed by atoms with Gasteiger partial charge < -0.3 is 16.0 Å². The van der Waals surface area contributed by atoms with Crippen LogP contribution in [-0.2, 0) is 22.7 Å². The maximum atomic E-state index is 13.0. The number of nitrogens with two attached hydrogens (primary N) is 1. The first-order valence-corrected chi connectivity index (χ1v) is 9.29. The molecule has 1 aromatic carbocycles. The van der Waals surface area contributed by atoms with Crippen molar-refractivity contribution in [2.24, 2.45) is 5.73 Å². The predicted octanol–water partition coefficient (Wildman–Crippen LogP) is 0.417. The third kappa shape index (κ3) is 3.01. The van der Waals surface area contributed by atoms with Crippen molar-refractivity contribution in [3.05, 3.63) is 34.9 Å². The molecule has 0 bridgehead atoms. The average molecular weight is 356 g/mol. The average Bonchev–Trinajstić information content (AvgIpc) is 3.17. The lowest BCUT2D eigenvalue weighted by molar-refractivity contribution is -0.136. The molecule has 0 radical (unpaired) electrons. The second kappa shape index (κ2) is 6.81. The van der Waals surface area contributed by atoms with Crippen molar-refractivity contribution >= 4 is 17.7 Å². The number of amides is 3. The number of piperidine rings is 1. The van der Waals surface area contributed by atoms with Gasteiger partial charge in [-0.15, -0.1) is 0 Å². The number of carbonyl (C=O) groups is 3. The molecule has 1 saturated carbocycles. The Morgan fingerprint density at radius 2 is 2.04 bits per heavy atom. The summed E-state index contributed by atoms with van der Waals surface area (Å²) in [6, 6.07) is 5.72. The largest absolute Gasteiger partial charge is 0.326 e. The molecule has 3 unspecified atom stereocenters. The van der Waals surface area contributed by atoms with Crippen LogP contribution in [0.4, 0.5) is 0 Å². The lowest BCUT2D eigenvalue weighted by atomic mass is 10.0. The van der Waals surface area contributed by atoms with Gasteiger partial charge in [0.1, 0.15) is 6.04 Å². The van der Waals surface area contributed by atoms with Crippen molar-refractivity contribution < 1.29 is 14.4 Å². The highest BCUT2D eigenvalue weighted by Crippen LogP contribution is 2.30. The Labute approximate surface area is 152 Å². The topological polar surface area (TPSA) is 105 Å². The van der Waals surface area contributed by atoms with E-state index in [2.05, 4.69) is 10.6 Å². The number of rotatable bonds is 4. The molecule has 3 aliphatic rings. The van der Waals surface area contributed by atoms with Crippen molar-refractivity contribution in [3.63, 3.8) is 0 Å². The molecular weight excluding hydrogens is 332 g/mol. The fraction of sp³-hybridized carbons (Fsp3) is 0.526. The van der Waals surface area contributed by atoms with Gasteiger partial charge in [0, 0.05) is 37.2 Å². The summed E-state index contributed by atoms with van der Waals surface area (Å²) in [5.41, 5.74) is 8.70. The molecule has 1 aliphatic carbocycles. The molecule has 1 saturated heterocycles. The van der Waals surface area contributed by atoms with Crippen LogP contribution in [0.25, 0.3) is 0 Å². The van der Waals surface area contributed by atoms with Gasteiger partial charge in [0.25, 0.3) is 5.91 Å². The number of nitrogens with one attached hydrogen (secondary N) is 2. The van der Waals surface area contributed by atoms with Gasteiger partial charge in [-0.2, -0.15) is 0 Å². The van der Waals surface area contributed by atoms with E-state index in [-0.39, 0.29) is 36.2 Å². The molecule has 3 atom stereocenters. The van der Waals surface area contributed by atoms with E-state index in [9.17, 15) is 14.4 Å². The zero-order valence-corrected chi connectivity index (χ0v) is 14.7. The first-order valence-electron chi connectivity index (χ1n) is 9.29. The Morgan fingerprint density at radius 1 is 1.19 bits per heavy atom. The Hall–Kier alpha value is -2.25. The zero-order chi connectivity index (χ0) is 18.3. The fourth-order valence-corrected chi connectivity index (χ4v) is 4.32. The molecule has 0 aromatic heterocycles. The van der Waals surface area contributed by atoms with Gasteiger partial charge in [-0.3, -0.25) is 19.7 Å². The summed E-state index contributed by atoms with van der Waals surface area (Å²) in [4.78, 5) is 38.1. The first-order chi connectivity index (χ1) is 12.5. The van der Waals surface area contributed by atoms with Gasteiger partial charge in [0.2, 0.25) is 11.8 Å². The van der Waals surface area contributed by atoms with Gasteiger partial charge >= 0.3 is 0 Å². The zero-order valence-electron chi connectivity index (χ0n) is 14.7. The van der Waals surface area contributed by atoms with Gasteiger partial charge in [-0.05, 0) is 30.4 Å². The number of carbonyl (C=O) groups excluding carboxylic acids is 3. The number of hydrogen-bond acceptors (Lipinski definition) is 5. The maximum absolute atomic E-state index is 13.0. The number of nitrogens with zero attached hydrogens (tertiary/aromatic N) is 1. The number of hydrogen-bond donors (Lipinski definition) is 3. The van der Waals surface area contributed by atoms with Crippen LogP contribution in [0.5, 0.6) is 0 Å². The van der Waals surface area contributed by atoms with Crippen LogP contribution in [0.3, 0.4) is 0 Å². The predicted molar refractivity (Wildman–Crippen MR) is 94.9 cm³/mol. The molecule has 2 fully saturated rings. The molecule has 2 heterocycles. The van der Waals surface area contributed by atoms with Crippen LogP contribution in [0, 0.1) is 0 Å². The maximum Gasteiger partial charge on any atom is 0.255 e. The van der Waals surface area contributed by atoms with E-state index in [0.717, 1.165) is 30.4 Å². The first kappa shape index (κ1) is 17.2. The van der Waals surface area contributed by atoms with E-state index < -0.39 is 6.04 Å². The SMILES string of the molecule is NC1CCCC1NCc1cccc2c1C(=O)N(C1CCC(=O)NC1=O)C2. The third-order valence-corrected chi connectivity index (χ3v) is 5.76. The van der Waals surface area contributed by atoms with Gasteiger partial charge in [0.05, 0.1) is 0 Å². The summed E-state index contributed by atoms with van der Waals surface area (Å²) in [6.07, 6.45) is 3.88. The minimum Gasteiger partial charge on any atom is -0.326 e. The van der Waals surface area contributed by atoms with Crippen LogP contribution in [0.2, 0.25) is 0 Å². The molecular formula is C19H24N4O3. The Morgan fingerprint density at radius 3 is 2.77 bits per heavy atom. The van der Waals surface area contributed by atoms with E-state index in [4.69, 9.17) is 5.73 Å². The van der Waals surface area contributed by atoms with Crippen molar-refractivity contribution in [2.75, 3.05) is 0 Å². The van der Waals surface area contributed by atoms with Crippen LogP contribution >= 0.6 is 0 Å². The second-order valence-electron chi connectivity index (χ2n) is 7.43. The molecule has 7 nitrogen and oxygen atoms in total. The number of imide groups is 1. The molecule has 1 aromatic rings. The molecule has 7 heteroatoms. The molecule has 4 rings (SSSR count). The number of benzene rings is 1. The summed E-state index contributed by atoms with van der Waals surface area (Å²) in [7, 11) is 0. The fourth-order valence-electron chi connectivity index (χ4n) is 4.32. The quantitative estimate of drug-likeness (QED) is 0.678. The molecule has 26 heavy (non-hydrogen) atoms. The van der Waals surface area contributed by atoms with E-state index >= 15 is 0 Å². The summed E-state index contributed by atoms with van der Waals surface area (Å²) < 4.78 is 0. The molecule has 138 valence electrons. The van der Waals surface area contributed by atoms with E-state index in [1.807, 2.05) is 18.2 Å². The molecule has 4 N–H and O–H groups in total. The molecule has 0 spiro atoms. The summed E-state index contributed by atoms with van der Waals surface area (Å²) in [5.74, 6) is -0.769. The lowest BCUT2D eigenvalue weighted by Crippen LogP contribution is -2.52. The normalized spacial score (nSPS) is 28.4. The van der Waals surface area contributed by atoms with Gasteiger partial charge in [-0.25, -0.2) is 0 Å². The Balaban J connectivity index is 1.51. The van der Waals surface area contributed by atoms with Crippen molar-refractivity contribution in [2.45, 2.75) is 63.3 Å². The van der Waals surface area contributed by atoms with Crippen molar-refractivity contribution in [1.29, 1.82) is 0 Å². The molecule has 3 amide bonds. The Kier molecular flexibility index (Phi) is 4.50. The smallest absolute Gasteiger partial charge is 0.255 e. The summed E-state index contributed by atoms with van der Waals surface area (Å²) >= 11 is 0. The van der Waals surface area contributed by atoms with E-state index in [1.54, 1.807) is 4.90 Å². The van der Waals surface area contributed by atoms with Crippen molar-refractivity contribution in [1.82, 2.24) is 15.5 Å². The van der Waals surface area contributed by atoms with E-state index in [0.29, 0.717) is 25.1 Å². The molecule has 2 aliphatic heterocycles. The number of fused-ring (bicyclic) bond motifs is 1. The summed E-state index contributed by atoms with van der Waals surface area (Å²) in [5, 5.41) is 5.82. The van der Waals surface area contributed by atoms with Crippen LogP contribution in [0.15, 0.2) is 18.2 Å². The Bertz CT molecular complexity index is 763. The van der Waals surface area contributed by atoms with Gasteiger partial charge in [-0.1, -0.05) is 24.6 Å². The van der Waals surface area contributed by atoms with Crippen LogP contribution < -0.4 is 16.4 Å². The van der Waals surface area contributed by atoms with Crippen LogP contribution in [-0.4, -0.2) is 40.7 Å². The highest BCUT2D eigenvalue weighted by molar-refractivity contribution is 6.05. The van der Waals surface area contributed by atoms with Crippen LogP contribution in [0.1, 0.15) is 53.6 Å². The highest BCUT2D eigenvalue weighted by Gasteiger charge is 2.40. The third-order valence-electron chi connectivity index (χ3n) is 5.76. The van der Waals surface area contributed by atoms with E-state index in [1.165, 1.54) is 0 Å². The van der Waals surface area contributed by atoms with Gasteiger partial charge in [0.15, 0.2) is 0 Å². The minimum atomic E-state index is -0.573. The standard InChI is InChI=1S/C19H24N4O3/c20-13-5-2-6-14(13)21-9-11-3-1-4-12-10-23(19(26)17(11)12)15-7-8-16(24)22-18(15)25/h1,3-4,13-15,21H,2,5-10,20H2,(H,22,24,25). The summed E-state index contributed by atoms with van der Waals surface area (Å²) in [6.45, 7) is 1.01. The lowest BCUT2D eigenvalue weighted by Gasteiger charge is -2.29. The second-order valence-corrected chi connectivity index (χ2v) is 7.43.